The van der Waals surface area contributed by atoms with Gasteiger partial charge in [-0.05, 0) is 37.6 Å². The first-order chi connectivity index (χ1) is 13.3. The van der Waals surface area contributed by atoms with Crippen molar-refractivity contribution in [2.45, 2.75) is 20.3 Å². The third-order valence-electron chi connectivity index (χ3n) is 3.90. The molecule has 0 radical (unpaired) electrons. The second-order valence-corrected chi connectivity index (χ2v) is 6.56. The van der Waals surface area contributed by atoms with Gasteiger partial charge in [-0.1, -0.05) is 18.2 Å². The molecule has 0 bridgehead atoms. The minimum Gasteiger partial charge on any atom is -0.484 e. The molecule has 0 aliphatic carbocycles. The largest absolute Gasteiger partial charge is 0.484 e. The van der Waals surface area contributed by atoms with Crippen molar-refractivity contribution in [2.75, 3.05) is 13.2 Å². The van der Waals surface area contributed by atoms with Gasteiger partial charge in [0, 0.05) is 36.6 Å². The van der Waals surface area contributed by atoms with Crippen LogP contribution in [0.1, 0.15) is 28.0 Å². The van der Waals surface area contributed by atoms with Gasteiger partial charge in [0.05, 0.1) is 10.6 Å². The van der Waals surface area contributed by atoms with E-state index in [1.807, 2.05) is 13.8 Å². The van der Waals surface area contributed by atoms with Crippen molar-refractivity contribution in [2.24, 2.45) is 0 Å². The number of aryl methyl sites for hydroxylation is 2. The van der Waals surface area contributed by atoms with Gasteiger partial charge in [-0.15, -0.1) is 0 Å². The Morgan fingerprint density at radius 3 is 2.71 bits per heavy atom. The van der Waals surface area contributed by atoms with E-state index in [1.165, 1.54) is 18.3 Å². The lowest BCUT2D eigenvalue weighted by Crippen LogP contribution is -2.31. The Labute approximate surface area is 167 Å². The molecule has 28 heavy (non-hydrogen) atoms. The number of amides is 2. The van der Waals surface area contributed by atoms with E-state index in [0.717, 1.165) is 17.3 Å². The Hall–Kier alpha value is -2.93. The van der Waals surface area contributed by atoms with Crippen LogP contribution in [0.4, 0.5) is 4.39 Å². The van der Waals surface area contributed by atoms with E-state index >= 15 is 0 Å². The summed E-state index contributed by atoms with van der Waals surface area (Å²) < 4.78 is 18.5. The quantitative estimate of drug-likeness (QED) is 0.706. The molecule has 0 fully saturated rings. The number of aromatic nitrogens is 1. The molecular formula is C20H21ClFN3O3. The number of benzene rings is 1. The highest BCUT2D eigenvalue weighted by atomic mass is 35.5. The Morgan fingerprint density at radius 1 is 1.29 bits per heavy atom. The van der Waals surface area contributed by atoms with Crippen molar-refractivity contribution < 1.29 is 18.7 Å². The average molecular weight is 406 g/mol. The molecule has 148 valence electrons. The van der Waals surface area contributed by atoms with Crippen LogP contribution in [0.2, 0.25) is 5.02 Å². The number of rotatable bonds is 8. The van der Waals surface area contributed by atoms with E-state index in [2.05, 4.69) is 22.2 Å². The van der Waals surface area contributed by atoms with E-state index in [9.17, 15) is 14.0 Å². The van der Waals surface area contributed by atoms with E-state index in [4.69, 9.17) is 16.3 Å². The highest BCUT2D eigenvalue weighted by molar-refractivity contribution is 6.30. The van der Waals surface area contributed by atoms with Crippen molar-refractivity contribution >= 4 is 23.4 Å². The van der Waals surface area contributed by atoms with Crippen LogP contribution in [-0.2, 0) is 4.79 Å². The molecule has 0 saturated carbocycles. The molecule has 1 aromatic carbocycles. The molecule has 0 unspecified atom stereocenters. The molecule has 0 saturated heterocycles. The Kier molecular flexibility index (Phi) is 7.52. The van der Waals surface area contributed by atoms with Gasteiger partial charge in [-0.2, -0.15) is 0 Å². The minimum absolute atomic E-state index is 0.0195. The predicted octanol–water partition coefficient (Wildman–Crippen LogP) is 3.32. The van der Waals surface area contributed by atoms with Crippen LogP contribution in [0.3, 0.4) is 0 Å². The number of nitrogens with one attached hydrogen (secondary N) is 2. The highest BCUT2D eigenvalue weighted by Gasteiger charge is 2.10. The first-order valence-electron chi connectivity index (χ1n) is 8.53. The summed E-state index contributed by atoms with van der Waals surface area (Å²) in [5, 5.41) is 5.29. The van der Waals surface area contributed by atoms with Gasteiger partial charge in [0.25, 0.3) is 11.8 Å². The summed E-state index contributed by atoms with van der Waals surface area (Å²) in [6, 6.07) is 5.68. The molecule has 2 rings (SSSR count). The summed E-state index contributed by atoms with van der Waals surface area (Å²) in [6.45, 7) is 7.52. The Bertz CT molecular complexity index is 902. The number of halogens is 2. The van der Waals surface area contributed by atoms with E-state index < -0.39 is 5.82 Å². The van der Waals surface area contributed by atoms with Crippen LogP contribution >= 0.6 is 11.6 Å². The van der Waals surface area contributed by atoms with Crippen molar-refractivity contribution in [3.05, 3.63) is 70.4 Å². The molecule has 2 aromatic rings. The minimum atomic E-state index is -0.620. The lowest BCUT2D eigenvalue weighted by Gasteiger charge is -2.11. The summed E-state index contributed by atoms with van der Waals surface area (Å²) in [6.07, 6.45) is 1.86. The third-order valence-corrected chi connectivity index (χ3v) is 4.21. The van der Waals surface area contributed by atoms with Gasteiger partial charge >= 0.3 is 0 Å². The van der Waals surface area contributed by atoms with E-state index in [0.29, 0.717) is 17.7 Å². The lowest BCUT2D eigenvalue weighted by molar-refractivity contribution is -0.123. The Balaban J connectivity index is 1.70. The van der Waals surface area contributed by atoms with E-state index in [1.54, 1.807) is 6.07 Å². The monoisotopic (exact) mass is 405 g/mol. The number of hydrogen-bond acceptors (Lipinski definition) is 4. The highest BCUT2D eigenvalue weighted by Crippen LogP contribution is 2.20. The fourth-order valence-electron chi connectivity index (χ4n) is 2.18. The second-order valence-electron chi connectivity index (χ2n) is 6.15. The Morgan fingerprint density at radius 2 is 2.04 bits per heavy atom. The van der Waals surface area contributed by atoms with E-state index in [-0.39, 0.29) is 35.7 Å². The van der Waals surface area contributed by atoms with Crippen LogP contribution in [0, 0.1) is 19.7 Å². The third kappa shape index (κ3) is 6.35. The van der Waals surface area contributed by atoms with Gasteiger partial charge in [0.15, 0.2) is 6.61 Å². The number of nitrogens with zero attached hydrogens (tertiary/aromatic N) is 1. The molecule has 1 heterocycles. The maximum Gasteiger partial charge on any atom is 0.257 e. The molecule has 8 heteroatoms. The number of pyridine rings is 1. The molecule has 0 atom stereocenters. The van der Waals surface area contributed by atoms with Crippen LogP contribution in [0.5, 0.6) is 5.75 Å². The van der Waals surface area contributed by atoms with Gasteiger partial charge in [0.1, 0.15) is 11.6 Å². The summed E-state index contributed by atoms with van der Waals surface area (Å²) in [7, 11) is 0. The molecule has 1 aromatic heterocycles. The normalized spacial score (nSPS) is 10.3. The molecule has 6 nitrogen and oxygen atoms in total. The SMILES string of the molecule is C=C(CCNC(=O)COc1ccc(Cl)c(F)c1)NC(=O)c1cnc(C)c(C)c1. The van der Waals surface area contributed by atoms with Gasteiger partial charge in [-0.25, -0.2) is 4.39 Å². The topological polar surface area (TPSA) is 80.3 Å². The predicted molar refractivity (Wildman–Crippen MR) is 105 cm³/mol. The summed E-state index contributed by atoms with van der Waals surface area (Å²) in [5.41, 5.74) is 2.69. The molecule has 0 spiro atoms. The van der Waals surface area contributed by atoms with Crippen molar-refractivity contribution in [1.29, 1.82) is 0 Å². The zero-order chi connectivity index (χ0) is 20.7. The number of hydrogen-bond donors (Lipinski definition) is 2. The number of ether oxygens (including phenoxy) is 1. The summed E-state index contributed by atoms with van der Waals surface area (Å²) >= 11 is 5.58. The lowest BCUT2D eigenvalue weighted by atomic mass is 10.1. The fraction of sp³-hybridized carbons (Fsp3) is 0.250. The van der Waals surface area contributed by atoms with Gasteiger partial charge < -0.3 is 15.4 Å². The zero-order valence-electron chi connectivity index (χ0n) is 15.6. The standard InChI is InChI=1S/C20H21ClFN3O3/c1-12-8-15(10-24-14(12)3)20(27)25-13(2)6-7-23-19(26)11-28-16-4-5-17(21)18(22)9-16/h4-5,8-10H,2,6-7,11H2,1,3H3,(H,23,26)(H,25,27). The maximum atomic E-state index is 13.3. The maximum absolute atomic E-state index is 13.3. The summed E-state index contributed by atoms with van der Waals surface area (Å²) in [4.78, 5) is 28.1. The van der Waals surface area contributed by atoms with Crippen LogP contribution < -0.4 is 15.4 Å². The average Bonchev–Trinajstić information content (AvgIpc) is 2.64. The molecule has 0 aliphatic heterocycles. The van der Waals surface area contributed by atoms with Crippen molar-refractivity contribution in [1.82, 2.24) is 15.6 Å². The fourth-order valence-corrected chi connectivity index (χ4v) is 2.30. The van der Waals surface area contributed by atoms with Crippen molar-refractivity contribution in [3.8, 4) is 5.75 Å². The number of carbonyl (C=O) groups excluding carboxylic acids is 2. The zero-order valence-corrected chi connectivity index (χ0v) is 16.4. The molecule has 0 aliphatic rings. The van der Waals surface area contributed by atoms with Crippen LogP contribution in [-0.4, -0.2) is 29.9 Å². The smallest absolute Gasteiger partial charge is 0.257 e. The van der Waals surface area contributed by atoms with Gasteiger partial charge in [-0.3, -0.25) is 14.6 Å². The molecular weight excluding hydrogens is 385 g/mol. The van der Waals surface area contributed by atoms with Gasteiger partial charge in [0.2, 0.25) is 0 Å². The molecule has 2 N–H and O–H groups in total. The van der Waals surface area contributed by atoms with Crippen LogP contribution in [0.15, 0.2) is 42.7 Å². The van der Waals surface area contributed by atoms with Crippen molar-refractivity contribution in [3.63, 3.8) is 0 Å². The molecule has 2 amide bonds. The number of carbonyl (C=O) groups is 2. The first kappa shape index (κ1) is 21.4. The first-order valence-corrected chi connectivity index (χ1v) is 8.91. The summed E-state index contributed by atoms with van der Waals surface area (Å²) in [5.74, 6) is -1.10. The second kappa shape index (κ2) is 9.85. The van der Waals surface area contributed by atoms with Crippen LogP contribution in [0.25, 0.3) is 0 Å².